The van der Waals surface area contributed by atoms with E-state index in [0.29, 0.717) is 31.1 Å². The summed E-state index contributed by atoms with van der Waals surface area (Å²) in [5.74, 6) is 0.931. The molecule has 5 nitrogen and oxygen atoms in total. The van der Waals surface area contributed by atoms with E-state index < -0.39 is 5.79 Å². The Kier molecular flexibility index (Phi) is 3.83. The van der Waals surface area contributed by atoms with Crippen LogP contribution in [0.2, 0.25) is 0 Å². The molecule has 2 fully saturated rings. The van der Waals surface area contributed by atoms with Crippen LogP contribution in [0.15, 0.2) is 24.3 Å². The van der Waals surface area contributed by atoms with Crippen LogP contribution in [-0.2, 0) is 9.47 Å². The minimum Gasteiger partial charge on any atom is -0.493 e. The van der Waals surface area contributed by atoms with E-state index in [9.17, 15) is 0 Å². The number of nitrogens with two attached hydrogens (primary N) is 1. The van der Waals surface area contributed by atoms with E-state index in [1.165, 1.54) is 0 Å². The topological polar surface area (TPSA) is 62.9 Å². The van der Waals surface area contributed by atoms with Gasteiger partial charge in [0.25, 0.3) is 0 Å². The van der Waals surface area contributed by atoms with Crippen LogP contribution >= 0.6 is 0 Å². The maximum absolute atomic E-state index is 6.19. The minimum atomic E-state index is -0.497. The summed E-state index contributed by atoms with van der Waals surface area (Å²) in [4.78, 5) is 0. The second kappa shape index (κ2) is 5.60. The zero-order chi connectivity index (χ0) is 14.0. The first-order chi connectivity index (χ1) is 9.72. The van der Waals surface area contributed by atoms with Gasteiger partial charge in [0.2, 0.25) is 0 Å². The van der Waals surface area contributed by atoms with Gasteiger partial charge in [0, 0.05) is 18.9 Å². The van der Waals surface area contributed by atoms with Crippen LogP contribution in [0.1, 0.15) is 19.3 Å². The molecule has 5 heteroatoms. The highest BCUT2D eigenvalue weighted by Crippen LogP contribution is 2.38. The molecule has 0 aromatic heterocycles. The highest BCUT2D eigenvalue weighted by atomic mass is 16.7. The molecule has 1 aromatic rings. The standard InChI is InChI=1S/C15H21NO4/c1-17-12-4-2-3-5-13(12)20-14-10-15(7-6-11(14)16)18-8-9-19-15/h2-5,11,14H,6-10,16H2,1H3. The van der Waals surface area contributed by atoms with Crippen molar-refractivity contribution in [2.24, 2.45) is 5.73 Å². The van der Waals surface area contributed by atoms with Crippen molar-refractivity contribution < 1.29 is 18.9 Å². The SMILES string of the molecule is COc1ccccc1OC1CC2(CCC1N)OCCO2. The molecule has 2 N–H and O–H groups in total. The molecule has 1 saturated heterocycles. The van der Waals surface area contributed by atoms with Crippen molar-refractivity contribution >= 4 is 0 Å². The fourth-order valence-electron chi connectivity index (χ4n) is 2.90. The van der Waals surface area contributed by atoms with E-state index in [-0.39, 0.29) is 12.1 Å². The Morgan fingerprint density at radius 3 is 2.60 bits per heavy atom. The van der Waals surface area contributed by atoms with Gasteiger partial charge in [-0.2, -0.15) is 0 Å². The molecule has 0 radical (unpaired) electrons. The Balaban J connectivity index is 1.74. The molecule has 2 aliphatic rings. The predicted molar refractivity (Wildman–Crippen MR) is 73.9 cm³/mol. The fourth-order valence-corrected chi connectivity index (χ4v) is 2.90. The van der Waals surface area contributed by atoms with E-state index in [1.807, 2.05) is 24.3 Å². The molecule has 2 unspecified atom stereocenters. The first-order valence-corrected chi connectivity index (χ1v) is 7.06. The van der Waals surface area contributed by atoms with Crippen LogP contribution in [0.4, 0.5) is 0 Å². The van der Waals surface area contributed by atoms with E-state index in [1.54, 1.807) is 7.11 Å². The van der Waals surface area contributed by atoms with Crippen LogP contribution in [0.5, 0.6) is 11.5 Å². The minimum absolute atomic E-state index is 0.0154. The molecule has 0 bridgehead atoms. The van der Waals surface area contributed by atoms with Gasteiger partial charge in [-0.15, -0.1) is 0 Å². The van der Waals surface area contributed by atoms with Crippen molar-refractivity contribution in [2.75, 3.05) is 20.3 Å². The maximum Gasteiger partial charge on any atom is 0.172 e. The molecule has 110 valence electrons. The third-order valence-corrected chi connectivity index (χ3v) is 4.01. The zero-order valence-corrected chi connectivity index (χ0v) is 11.7. The molecule has 0 amide bonds. The molecule has 1 spiro atoms. The molecule has 2 atom stereocenters. The molecule has 3 rings (SSSR count). The Labute approximate surface area is 118 Å². The number of ether oxygens (including phenoxy) is 4. The highest BCUT2D eigenvalue weighted by Gasteiger charge is 2.45. The Hall–Kier alpha value is -1.30. The van der Waals surface area contributed by atoms with Crippen molar-refractivity contribution in [1.82, 2.24) is 0 Å². The van der Waals surface area contributed by atoms with E-state index >= 15 is 0 Å². The quantitative estimate of drug-likeness (QED) is 0.912. The molecule has 1 aromatic carbocycles. The van der Waals surface area contributed by atoms with E-state index in [4.69, 9.17) is 24.7 Å². The average Bonchev–Trinajstić information content (AvgIpc) is 2.92. The summed E-state index contributed by atoms with van der Waals surface area (Å²) in [6, 6.07) is 7.59. The lowest BCUT2D eigenvalue weighted by atomic mass is 9.88. The van der Waals surface area contributed by atoms with Crippen molar-refractivity contribution in [2.45, 2.75) is 37.2 Å². The molecule has 1 heterocycles. The van der Waals surface area contributed by atoms with Crippen molar-refractivity contribution in [3.05, 3.63) is 24.3 Å². The second-order valence-corrected chi connectivity index (χ2v) is 5.32. The fraction of sp³-hybridized carbons (Fsp3) is 0.600. The van der Waals surface area contributed by atoms with Crippen LogP contribution in [0.25, 0.3) is 0 Å². The van der Waals surface area contributed by atoms with Crippen LogP contribution < -0.4 is 15.2 Å². The summed E-state index contributed by atoms with van der Waals surface area (Å²) in [5.41, 5.74) is 6.19. The van der Waals surface area contributed by atoms with Gasteiger partial charge in [-0.1, -0.05) is 12.1 Å². The number of hydrogen-bond donors (Lipinski definition) is 1. The Morgan fingerprint density at radius 2 is 1.90 bits per heavy atom. The largest absolute Gasteiger partial charge is 0.493 e. The first-order valence-electron chi connectivity index (χ1n) is 7.06. The van der Waals surface area contributed by atoms with Gasteiger partial charge >= 0.3 is 0 Å². The summed E-state index contributed by atoms with van der Waals surface area (Å²) in [6.07, 6.45) is 2.20. The lowest BCUT2D eigenvalue weighted by Crippen LogP contribution is -2.51. The third-order valence-electron chi connectivity index (χ3n) is 4.01. The molecule has 1 saturated carbocycles. The van der Waals surface area contributed by atoms with Gasteiger partial charge in [-0.05, 0) is 18.6 Å². The molecule has 20 heavy (non-hydrogen) atoms. The molecular weight excluding hydrogens is 258 g/mol. The number of rotatable bonds is 3. The third kappa shape index (κ3) is 2.61. The van der Waals surface area contributed by atoms with Gasteiger partial charge in [0.1, 0.15) is 6.10 Å². The Bertz CT molecular complexity index is 459. The van der Waals surface area contributed by atoms with E-state index in [0.717, 1.165) is 12.8 Å². The van der Waals surface area contributed by atoms with Gasteiger partial charge in [-0.25, -0.2) is 0 Å². The number of methoxy groups -OCH3 is 1. The van der Waals surface area contributed by atoms with Crippen LogP contribution in [-0.4, -0.2) is 38.3 Å². The zero-order valence-electron chi connectivity index (χ0n) is 11.7. The average molecular weight is 279 g/mol. The maximum atomic E-state index is 6.19. The molecule has 1 aliphatic heterocycles. The monoisotopic (exact) mass is 279 g/mol. The summed E-state index contributed by atoms with van der Waals surface area (Å²) in [6.45, 7) is 1.30. The number of para-hydroxylation sites is 2. The summed E-state index contributed by atoms with van der Waals surface area (Å²) < 4.78 is 22.9. The normalized spacial score (nSPS) is 28.5. The van der Waals surface area contributed by atoms with Gasteiger partial charge < -0.3 is 24.7 Å². The summed E-state index contributed by atoms with van der Waals surface area (Å²) in [5, 5.41) is 0. The predicted octanol–water partition coefficient (Wildman–Crippen LogP) is 1.70. The van der Waals surface area contributed by atoms with Crippen LogP contribution in [0.3, 0.4) is 0 Å². The lowest BCUT2D eigenvalue weighted by Gasteiger charge is -2.39. The molecule has 1 aliphatic carbocycles. The lowest BCUT2D eigenvalue weighted by molar-refractivity contribution is -0.195. The second-order valence-electron chi connectivity index (χ2n) is 5.32. The van der Waals surface area contributed by atoms with E-state index in [2.05, 4.69) is 0 Å². The van der Waals surface area contributed by atoms with Crippen molar-refractivity contribution in [1.29, 1.82) is 0 Å². The summed E-state index contributed by atoms with van der Waals surface area (Å²) in [7, 11) is 1.63. The highest BCUT2D eigenvalue weighted by molar-refractivity contribution is 5.39. The van der Waals surface area contributed by atoms with Crippen LogP contribution in [0, 0.1) is 0 Å². The van der Waals surface area contributed by atoms with Gasteiger partial charge in [-0.3, -0.25) is 0 Å². The number of hydrogen-bond acceptors (Lipinski definition) is 5. The first kappa shape index (κ1) is 13.7. The summed E-state index contributed by atoms with van der Waals surface area (Å²) >= 11 is 0. The molecular formula is C15H21NO4. The number of benzene rings is 1. The van der Waals surface area contributed by atoms with Crippen molar-refractivity contribution in [3.63, 3.8) is 0 Å². The van der Waals surface area contributed by atoms with Crippen molar-refractivity contribution in [3.8, 4) is 11.5 Å². The Morgan fingerprint density at radius 1 is 1.20 bits per heavy atom. The van der Waals surface area contributed by atoms with Gasteiger partial charge in [0.15, 0.2) is 17.3 Å². The van der Waals surface area contributed by atoms with Gasteiger partial charge in [0.05, 0.1) is 20.3 Å². The smallest absolute Gasteiger partial charge is 0.172 e.